The summed E-state index contributed by atoms with van der Waals surface area (Å²) in [6.45, 7) is 12.2. The predicted molar refractivity (Wildman–Crippen MR) is 181 cm³/mol. The zero-order chi connectivity index (χ0) is 31.5. The molecule has 4 aromatic rings. The Hall–Kier alpha value is -3.47. The average molecular weight is 697 g/mol. The SMILES string of the molecule is CCOc1cc(C2C(C(=O)Nc3cccc(C)c3C)=C(C)Nc3nc(SCc4ccccc4Cl)nn32)cc(Br)c1OC(C)C. The van der Waals surface area contributed by atoms with E-state index < -0.39 is 6.04 Å². The Balaban J connectivity index is 1.59. The monoisotopic (exact) mass is 695 g/mol. The van der Waals surface area contributed by atoms with Crippen LogP contribution in [-0.4, -0.2) is 33.4 Å². The Labute approximate surface area is 275 Å². The zero-order valence-corrected chi connectivity index (χ0v) is 28.7. The van der Waals surface area contributed by atoms with Gasteiger partial charge in [-0.25, -0.2) is 4.68 Å². The summed E-state index contributed by atoms with van der Waals surface area (Å²) >= 11 is 11.6. The lowest BCUT2D eigenvalue weighted by molar-refractivity contribution is -0.113. The lowest BCUT2D eigenvalue weighted by atomic mass is 9.94. The van der Waals surface area contributed by atoms with Gasteiger partial charge in [-0.3, -0.25) is 4.79 Å². The molecule has 5 rings (SSSR count). The Morgan fingerprint density at radius 2 is 1.93 bits per heavy atom. The molecule has 11 heteroatoms. The number of amides is 1. The van der Waals surface area contributed by atoms with Crippen molar-refractivity contribution in [3.63, 3.8) is 0 Å². The molecule has 0 bridgehead atoms. The number of nitrogens with one attached hydrogen (secondary N) is 2. The van der Waals surface area contributed by atoms with Crippen molar-refractivity contribution in [3.8, 4) is 11.5 Å². The molecular formula is C33H35BrClN5O3S. The van der Waals surface area contributed by atoms with Crippen molar-refractivity contribution in [2.45, 2.75) is 64.6 Å². The molecule has 1 unspecified atom stereocenters. The summed E-state index contributed by atoms with van der Waals surface area (Å²) in [5.74, 6) is 2.08. The van der Waals surface area contributed by atoms with E-state index in [1.807, 2.05) is 96.1 Å². The van der Waals surface area contributed by atoms with Gasteiger partial charge >= 0.3 is 0 Å². The third-order valence-corrected chi connectivity index (χ3v) is 9.09. The molecule has 230 valence electrons. The lowest BCUT2D eigenvalue weighted by Crippen LogP contribution is -2.31. The van der Waals surface area contributed by atoms with Gasteiger partial charge in [-0.05, 0) is 104 Å². The molecule has 3 aromatic carbocycles. The molecule has 1 aliphatic rings. The van der Waals surface area contributed by atoms with E-state index in [1.165, 1.54) is 11.8 Å². The Morgan fingerprint density at radius 3 is 2.66 bits per heavy atom. The number of hydrogen-bond donors (Lipinski definition) is 2. The van der Waals surface area contributed by atoms with Crippen molar-refractivity contribution in [2.24, 2.45) is 0 Å². The largest absolute Gasteiger partial charge is 0.490 e. The van der Waals surface area contributed by atoms with Gasteiger partial charge in [0.2, 0.25) is 11.1 Å². The molecule has 0 fully saturated rings. The predicted octanol–water partition coefficient (Wildman–Crippen LogP) is 8.72. The number of carbonyl (C=O) groups excluding carboxylic acids is 1. The van der Waals surface area contributed by atoms with Crippen LogP contribution < -0.4 is 20.1 Å². The number of rotatable bonds is 10. The van der Waals surface area contributed by atoms with E-state index >= 15 is 0 Å². The summed E-state index contributed by atoms with van der Waals surface area (Å²) in [5.41, 5.74) is 5.83. The first-order chi connectivity index (χ1) is 21.1. The van der Waals surface area contributed by atoms with Crippen LogP contribution in [0.3, 0.4) is 0 Å². The zero-order valence-electron chi connectivity index (χ0n) is 25.5. The molecule has 2 heterocycles. The van der Waals surface area contributed by atoms with Crippen LogP contribution in [-0.2, 0) is 10.5 Å². The molecule has 0 radical (unpaired) electrons. The van der Waals surface area contributed by atoms with Crippen LogP contribution in [0.1, 0.15) is 56.0 Å². The number of aromatic nitrogens is 3. The van der Waals surface area contributed by atoms with Crippen molar-refractivity contribution < 1.29 is 14.3 Å². The minimum Gasteiger partial charge on any atom is -0.490 e. The van der Waals surface area contributed by atoms with Crippen LogP contribution in [0.15, 0.2) is 75.5 Å². The summed E-state index contributed by atoms with van der Waals surface area (Å²) in [7, 11) is 0. The van der Waals surface area contributed by atoms with Crippen LogP contribution in [0.25, 0.3) is 0 Å². The molecule has 1 aliphatic heterocycles. The topological polar surface area (TPSA) is 90.3 Å². The fourth-order valence-electron chi connectivity index (χ4n) is 4.99. The van der Waals surface area contributed by atoms with Gasteiger partial charge in [-0.1, -0.05) is 53.7 Å². The van der Waals surface area contributed by atoms with E-state index in [0.29, 0.717) is 55.7 Å². The van der Waals surface area contributed by atoms with E-state index in [1.54, 1.807) is 4.68 Å². The molecule has 2 N–H and O–H groups in total. The molecule has 0 saturated heterocycles. The molecule has 0 saturated carbocycles. The molecule has 1 aromatic heterocycles. The minimum atomic E-state index is -0.609. The van der Waals surface area contributed by atoms with E-state index in [-0.39, 0.29) is 12.0 Å². The summed E-state index contributed by atoms with van der Waals surface area (Å²) in [5, 5.41) is 12.6. The average Bonchev–Trinajstić information content (AvgIpc) is 3.38. The van der Waals surface area contributed by atoms with Gasteiger partial charge in [0.25, 0.3) is 5.91 Å². The Bertz CT molecular complexity index is 1740. The molecule has 0 aliphatic carbocycles. The second-order valence-corrected chi connectivity index (χ2v) is 12.9. The first-order valence-corrected chi connectivity index (χ1v) is 16.5. The highest BCUT2D eigenvalue weighted by Crippen LogP contribution is 2.44. The second kappa shape index (κ2) is 13.7. The van der Waals surface area contributed by atoms with E-state index in [0.717, 1.165) is 27.9 Å². The first-order valence-electron chi connectivity index (χ1n) is 14.4. The van der Waals surface area contributed by atoms with Crippen molar-refractivity contribution >= 4 is 56.8 Å². The Kier molecular flexibility index (Phi) is 9.92. The van der Waals surface area contributed by atoms with Crippen LogP contribution in [0.5, 0.6) is 11.5 Å². The molecule has 0 spiro atoms. The van der Waals surface area contributed by atoms with Crippen molar-refractivity contribution in [1.82, 2.24) is 14.8 Å². The summed E-state index contributed by atoms with van der Waals surface area (Å²) < 4.78 is 14.6. The van der Waals surface area contributed by atoms with Crippen LogP contribution in [0.2, 0.25) is 5.02 Å². The van der Waals surface area contributed by atoms with Crippen molar-refractivity contribution in [2.75, 3.05) is 17.2 Å². The van der Waals surface area contributed by atoms with Gasteiger partial charge in [-0.15, -0.1) is 5.10 Å². The number of aryl methyl sites for hydroxylation is 1. The van der Waals surface area contributed by atoms with E-state index in [4.69, 9.17) is 31.2 Å². The van der Waals surface area contributed by atoms with Crippen LogP contribution >= 0.6 is 39.3 Å². The van der Waals surface area contributed by atoms with Gasteiger partial charge < -0.3 is 20.1 Å². The van der Waals surface area contributed by atoms with E-state index in [9.17, 15) is 4.79 Å². The van der Waals surface area contributed by atoms with E-state index in [2.05, 4.69) is 26.6 Å². The van der Waals surface area contributed by atoms with Gasteiger partial charge in [0.05, 0.1) is 22.8 Å². The maximum absolute atomic E-state index is 14.1. The number of thioether (sulfide) groups is 1. The molecule has 1 amide bonds. The molecule has 1 atom stereocenters. The number of allylic oxidation sites excluding steroid dienone is 1. The lowest BCUT2D eigenvalue weighted by Gasteiger charge is -2.29. The number of halogens is 2. The highest BCUT2D eigenvalue weighted by molar-refractivity contribution is 9.10. The highest BCUT2D eigenvalue weighted by atomic mass is 79.9. The van der Waals surface area contributed by atoms with Gasteiger partial charge in [-0.2, -0.15) is 4.98 Å². The Morgan fingerprint density at radius 1 is 1.16 bits per heavy atom. The third kappa shape index (κ3) is 6.77. The molecule has 44 heavy (non-hydrogen) atoms. The van der Waals surface area contributed by atoms with Gasteiger partial charge in [0, 0.05) is 22.2 Å². The maximum Gasteiger partial charge on any atom is 0.255 e. The van der Waals surface area contributed by atoms with Crippen molar-refractivity contribution in [1.29, 1.82) is 0 Å². The number of fused-ring (bicyclic) bond motifs is 1. The van der Waals surface area contributed by atoms with Gasteiger partial charge in [0.15, 0.2) is 11.5 Å². The molecular weight excluding hydrogens is 662 g/mol. The fraction of sp³-hybridized carbons (Fsp3) is 0.303. The van der Waals surface area contributed by atoms with Crippen LogP contribution in [0.4, 0.5) is 11.6 Å². The number of benzene rings is 3. The number of anilines is 2. The normalized spacial score (nSPS) is 14.3. The number of ether oxygens (including phenoxy) is 2. The fourth-order valence-corrected chi connectivity index (χ4v) is 6.66. The summed E-state index contributed by atoms with van der Waals surface area (Å²) in [6, 6.07) is 16.9. The number of nitrogens with zero attached hydrogens (tertiary/aromatic N) is 3. The quantitative estimate of drug-likeness (QED) is 0.160. The standard InChI is InChI=1S/C33H35BrClN5O3S/c1-7-42-27-16-23(15-24(34)30(27)43-18(2)3)29-28(31(41)37-26-14-10-11-19(4)20(26)5)21(6)36-32-38-33(39-40(29)32)44-17-22-12-8-9-13-25(22)35/h8-16,18,29H,7,17H2,1-6H3,(H,37,41)(H,36,38,39). The maximum atomic E-state index is 14.1. The number of carbonyl (C=O) groups is 1. The summed E-state index contributed by atoms with van der Waals surface area (Å²) in [6.07, 6.45) is -0.0593. The summed E-state index contributed by atoms with van der Waals surface area (Å²) in [4.78, 5) is 18.9. The highest BCUT2D eigenvalue weighted by Gasteiger charge is 2.36. The molecule has 8 nitrogen and oxygen atoms in total. The first kappa shape index (κ1) is 31.9. The van der Waals surface area contributed by atoms with Gasteiger partial charge in [0.1, 0.15) is 6.04 Å². The van der Waals surface area contributed by atoms with Crippen molar-refractivity contribution in [3.05, 3.63) is 97.6 Å². The number of hydrogen-bond acceptors (Lipinski definition) is 7. The van der Waals surface area contributed by atoms with Crippen LogP contribution in [0, 0.1) is 13.8 Å². The third-order valence-electron chi connectivity index (χ3n) is 7.25. The minimum absolute atomic E-state index is 0.0593. The smallest absolute Gasteiger partial charge is 0.255 e. The second-order valence-electron chi connectivity index (χ2n) is 10.7.